The molecule has 0 aliphatic rings. The van der Waals surface area contributed by atoms with Crippen LogP contribution in [-0.4, -0.2) is 17.9 Å². The van der Waals surface area contributed by atoms with Gasteiger partial charge in [0.25, 0.3) is 0 Å². The van der Waals surface area contributed by atoms with Crippen molar-refractivity contribution < 1.29 is 0 Å². The molecular formula is C15H17BrN4. The molecule has 0 spiro atoms. The molecule has 0 aliphatic heterocycles. The average molecular weight is 333 g/mol. The number of nitrogens with two attached hydrogens (primary N) is 1. The molecule has 0 fully saturated rings. The van der Waals surface area contributed by atoms with Gasteiger partial charge in [-0.2, -0.15) is 0 Å². The third kappa shape index (κ3) is 3.36. The second kappa shape index (κ2) is 6.05. The van der Waals surface area contributed by atoms with Gasteiger partial charge in [0.05, 0.1) is 17.9 Å². The third-order valence-corrected chi connectivity index (χ3v) is 3.65. The lowest BCUT2D eigenvalue weighted by Gasteiger charge is -2.21. The minimum absolute atomic E-state index is 0.0697. The third-order valence-electron chi connectivity index (χ3n) is 3.02. The van der Waals surface area contributed by atoms with Gasteiger partial charge in [-0.15, -0.1) is 0 Å². The van der Waals surface area contributed by atoms with Gasteiger partial charge in [0.15, 0.2) is 0 Å². The summed E-state index contributed by atoms with van der Waals surface area (Å²) >= 11 is 3.53. The number of halogens is 1. The van der Waals surface area contributed by atoms with Crippen LogP contribution < -0.4 is 10.6 Å². The molecule has 0 radical (unpaired) electrons. The Morgan fingerprint density at radius 2 is 2.10 bits per heavy atom. The lowest BCUT2D eigenvalue weighted by Crippen LogP contribution is -2.18. The zero-order valence-electron chi connectivity index (χ0n) is 11.5. The molecule has 2 aromatic rings. The molecule has 1 heterocycles. The summed E-state index contributed by atoms with van der Waals surface area (Å²) in [5.41, 5.74) is 9.28. The molecule has 1 aromatic heterocycles. The van der Waals surface area contributed by atoms with Crippen LogP contribution in [0.25, 0.3) is 0 Å². The summed E-state index contributed by atoms with van der Waals surface area (Å²) in [7, 11) is 2.01. The number of hydrogen-bond acceptors (Lipinski definition) is 3. The molecule has 2 rings (SSSR count). The van der Waals surface area contributed by atoms with Crippen LogP contribution in [0.3, 0.4) is 0 Å². The molecular weight excluding hydrogens is 316 g/mol. The van der Waals surface area contributed by atoms with Crippen molar-refractivity contribution in [1.82, 2.24) is 4.98 Å². The van der Waals surface area contributed by atoms with Gasteiger partial charge in [0.2, 0.25) is 0 Å². The van der Waals surface area contributed by atoms with E-state index in [9.17, 15) is 0 Å². The zero-order valence-corrected chi connectivity index (χ0v) is 13.1. The van der Waals surface area contributed by atoms with Crippen LogP contribution in [0.2, 0.25) is 0 Å². The van der Waals surface area contributed by atoms with Gasteiger partial charge in [-0.3, -0.25) is 10.4 Å². The summed E-state index contributed by atoms with van der Waals surface area (Å²) in [4.78, 5) is 6.61. The predicted octanol–water partition coefficient (Wildman–Crippen LogP) is 3.07. The van der Waals surface area contributed by atoms with E-state index in [0.717, 1.165) is 28.1 Å². The van der Waals surface area contributed by atoms with E-state index < -0.39 is 0 Å². The summed E-state index contributed by atoms with van der Waals surface area (Å²) in [6.45, 7) is 2.71. The lowest BCUT2D eigenvalue weighted by atomic mass is 10.2. The van der Waals surface area contributed by atoms with Crippen molar-refractivity contribution >= 4 is 27.5 Å². The van der Waals surface area contributed by atoms with Gasteiger partial charge in [-0.1, -0.05) is 6.07 Å². The highest BCUT2D eigenvalue weighted by Crippen LogP contribution is 2.27. The van der Waals surface area contributed by atoms with Gasteiger partial charge in [-0.25, -0.2) is 0 Å². The van der Waals surface area contributed by atoms with E-state index in [1.807, 2.05) is 50.4 Å². The number of rotatable bonds is 4. The highest BCUT2D eigenvalue weighted by Gasteiger charge is 2.09. The monoisotopic (exact) mass is 332 g/mol. The minimum Gasteiger partial charge on any atom is -0.384 e. The summed E-state index contributed by atoms with van der Waals surface area (Å²) in [5, 5.41) is 7.45. The summed E-state index contributed by atoms with van der Waals surface area (Å²) in [6, 6.07) is 11.7. The second-order valence-corrected chi connectivity index (χ2v) is 5.56. The number of nitrogens with zero attached hydrogens (tertiary/aromatic N) is 2. The number of aryl methyl sites for hydroxylation is 1. The molecule has 0 saturated carbocycles. The lowest BCUT2D eigenvalue weighted by molar-refractivity contribution is 0.874. The first-order valence-corrected chi connectivity index (χ1v) is 7.04. The van der Waals surface area contributed by atoms with E-state index in [0.29, 0.717) is 5.56 Å². The molecule has 1 aromatic carbocycles. The van der Waals surface area contributed by atoms with Gasteiger partial charge < -0.3 is 10.6 Å². The Morgan fingerprint density at radius 3 is 2.70 bits per heavy atom. The SMILES string of the molecule is Cc1cccc(CN(C)c2ccc(C(=N)N)cc2Br)n1. The fourth-order valence-corrected chi connectivity index (χ4v) is 2.68. The Labute approximate surface area is 127 Å². The number of hydrogen-bond donors (Lipinski definition) is 2. The number of nitrogens with one attached hydrogen (secondary N) is 1. The average Bonchev–Trinajstić information content (AvgIpc) is 2.38. The maximum absolute atomic E-state index is 7.45. The number of nitrogen functional groups attached to an aromatic ring is 1. The van der Waals surface area contributed by atoms with Gasteiger partial charge in [0, 0.05) is 22.8 Å². The molecule has 0 unspecified atom stereocenters. The highest BCUT2D eigenvalue weighted by atomic mass is 79.9. The highest BCUT2D eigenvalue weighted by molar-refractivity contribution is 9.10. The van der Waals surface area contributed by atoms with Gasteiger partial charge in [-0.05, 0) is 53.2 Å². The standard InChI is InChI=1S/C15H17BrN4/c1-10-4-3-5-12(19-10)9-20(2)14-7-6-11(15(17)18)8-13(14)16/h3-8H,9H2,1-2H3,(H3,17,18). The zero-order chi connectivity index (χ0) is 14.7. The molecule has 4 nitrogen and oxygen atoms in total. The van der Waals surface area contributed by atoms with E-state index in [4.69, 9.17) is 11.1 Å². The first kappa shape index (κ1) is 14.5. The number of pyridine rings is 1. The Bertz CT molecular complexity index is 640. The largest absolute Gasteiger partial charge is 0.384 e. The summed E-state index contributed by atoms with van der Waals surface area (Å²) in [5.74, 6) is 0.0697. The van der Waals surface area contributed by atoms with Crippen LogP contribution >= 0.6 is 15.9 Å². The van der Waals surface area contributed by atoms with Crippen LogP contribution in [0.5, 0.6) is 0 Å². The molecule has 0 saturated heterocycles. The van der Waals surface area contributed by atoms with Crippen molar-refractivity contribution in [1.29, 1.82) is 5.41 Å². The van der Waals surface area contributed by atoms with Crippen LogP contribution in [0.15, 0.2) is 40.9 Å². The topological polar surface area (TPSA) is 66.0 Å². The van der Waals surface area contributed by atoms with Crippen molar-refractivity contribution in [3.63, 3.8) is 0 Å². The molecule has 0 bridgehead atoms. The van der Waals surface area contributed by atoms with E-state index in [1.165, 1.54) is 0 Å². The maximum Gasteiger partial charge on any atom is 0.122 e. The Kier molecular flexibility index (Phi) is 4.39. The van der Waals surface area contributed by atoms with Crippen molar-refractivity contribution in [3.8, 4) is 0 Å². The molecule has 0 aliphatic carbocycles. The van der Waals surface area contributed by atoms with Crippen molar-refractivity contribution in [2.45, 2.75) is 13.5 Å². The van der Waals surface area contributed by atoms with E-state index >= 15 is 0 Å². The smallest absolute Gasteiger partial charge is 0.122 e. The molecule has 0 atom stereocenters. The van der Waals surface area contributed by atoms with Crippen molar-refractivity contribution in [3.05, 3.63) is 57.8 Å². The van der Waals surface area contributed by atoms with Gasteiger partial charge in [0.1, 0.15) is 5.84 Å². The normalized spacial score (nSPS) is 10.3. The van der Waals surface area contributed by atoms with Crippen LogP contribution in [0, 0.1) is 12.3 Å². The van der Waals surface area contributed by atoms with Crippen molar-refractivity contribution in [2.24, 2.45) is 5.73 Å². The fraction of sp³-hybridized carbons (Fsp3) is 0.200. The first-order valence-electron chi connectivity index (χ1n) is 6.25. The first-order chi connectivity index (χ1) is 9.47. The number of anilines is 1. The van der Waals surface area contributed by atoms with Crippen LogP contribution in [-0.2, 0) is 6.54 Å². The minimum atomic E-state index is 0.0697. The Morgan fingerprint density at radius 1 is 1.35 bits per heavy atom. The quantitative estimate of drug-likeness (QED) is 0.667. The Hall–Kier alpha value is -1.88. The van der Waals surface area contributed by atoms with Gasteiger partial charge >= 0.3 is 0 Å². The Balaban J connectivity index is 2.21. The molecule has 0 amide bonds. The number of amidine groups is 1. The summed E-state index contributed by atoms with van der Waals surface area (Å²) < 4.78 is 0.917. The summed E-state index contributed by atoms with van der Waals surface area (Å²) in [6.07, 6.45) is 0. The molecule has 104 valence electrons. The second-order valence-electron chi connectivity index (χ2n) is 4.71. The fourth-order valence-electron chi connectivity index (χ4n) is 2.00. The van der Waals surface area contributed by atoms with E-state index in [1.54, 1.807) is 0 Å². The number of benzene rings is 1. The molecule has 5 heteroatoms. The van der Waals surface area contributed by atoms with Crippen LogP contribution in [0.4, 0.5) is 5.69 Å². The molecule has 20 heavy (non-hydrogen) atoms. The van der Waals surface area contributed by atoms with E-state index in [-0.39, 0.29) is 5.84 Å². The van der Waals surface area contributed by atoms with Crippen molar-refractivity contribution in [2.75, 3.05) is 11.9 Å². The number of aromatic nitrogens is 1. The molecule has 3 N–H and O–H groups in total. The van der Waals surface area contributed by atoms with Crippen LogP contribution in [0.1, 0.15) is 17.0 Å². The maximum atomic E-state index is 7.45. The predicted molar refractivity (Wildman–Crippen MR) is 86.2 cm³/mol. The van der Waals surface area contributed by atoms with E-state index in [2.05, 4.69) is 25.8 Å².